The van der Waals surface area contributed by atoms with Crippen molar-refractivity contribution in [1.82, 2.24) is 0 Å². The summed E-state index contributed by atoms with van der Waals surface area (Å²) in [5, 5.41) is 16.8. The molecule has 4 rings (SSSR count). The van der Waals surface area contributed by atoms with E-state index in [1.165, 1.54) is 63.2 Å². The summed E-state index contributed by atoms with van der Waals surface area (Å²) in [5.41, 5.74) is 2.31. The Morgan fingerprint density at radius 1 is 1.08 bits per heavy atom. The lowest BCUT2D eigenvalue weighted by atomic mass is 9.45. The maximum atomic E-state index is 10.5. The fourth-order valence-corrected chi connectivity index (χ4v) is 7.13. The van der Waals surface area contributed by atoms with Gasteiger partial charge in [0.05, 0.1) is 6.10 Å². The van der Waals surface area contributed by atoms with Gasteiger partial charge in [-0.2, -0.15) is 0 Å². The lowest BCUT2D eigenvalue weighted by Crippen LogP contribution is -2.53. The van der Waals surface area contributed by atoms with Crippen LogP contribution in [-0.2, 0) is 0 Å². The van der Waals surface area contributed by atoms with Crippen molar-refractivity contribution in [2.75, 3.05) is 0 Å². The van der Waals surface area contributed by atoms with Crippen LogP contribution in [0.5, 0.6) is 0 Å². The van der Waals surface area contributed by atoms with Crippen LogP contribution in [0.3, 0.4) is 0 Å². The number of aliphatic hydroxyl groups is 1. The standard InChI is InChI=1S/C20H32O.C3H7N/c1-13-8-10-19(2)14(12-13)4-5-15-16-6-7-18(21)20(16,3)11-9-17(15)19;1-2-3-4/h14-18,21H,1,4-12H2,2-3H3;3-4H,2H2,1H3/t14-,15?,16?,17?,18-,19-,20-;/m0./s1. The zero-order chi connectivity index (χ0) is 18.2. The molecule has 0 aromatic carbocycles. The van der Waals surface area contributed by atoms with Crippen molar-refractivity contribution in [3.8, 4) is 0 Å². The van der Waals surface area contributed by atoms with Crippen molar-refractivity contribution in [2.24, 2.45) is 34.5 Å². The Hall–Kier alpha value is -0.630. The lowest BCUT2D eigenvalue weighted by Gasteiger charge is -2.60. The predicted molar refractivity (Wildman–Crippen MR) is 106 cm³/mol. The van der Waals surface area contributed by atoms with Gasteiger partial charge in [-0.1, -0.05) is 32.9 Å². The number of hydrogen-bond donors (Lipinski definition) is 2. The topological polar surface area (TPSA) is 44.1 Å². The molecule has 0 aromatic heterocycles. The first-order valence-electron chi connectivity index (χ1n) is 10.7. The monoisotopic (exact) mass is 345 g/mol. The number of nitrogens with one attached hydrogen (secondary N) is 1. The average molecular weight is 346 g/mol. The Bertz CT molecular complexity index is 514. The number of aliphatic hydroxyl groups excluding tert-OH is 1. The number of allylic oxidation sites excluding steroid dienone is 1. The van der Waals surface area contributed by atoms with Crippen LogP contribution < -0.4 is 0 Å². The molecule has 4 aliphatic carbocycles. The van der Waals surface area contributed by atoms with E-state index in [1.807, 2.05) is 6.92 Å². The van der Waals surface area contributed by atoms with Gasteiger partial charge < -0.3 is 10.5 Å². The highest BCUT2D eigenvalue weighted by Crippen LogP contribution is 2.66. The van der Waals surface area contributed by atoms with Gasteiger partial charge in [0.2, 0.25) is 0 Å². The molecule has 2 nitrogen and oxygen atoms in total. The van der Waals surface area contributed by atoms with Crippen molar-refractivity contribution in [1.29, 1.82) is 5.41 Å². The normalized spacial score (nSPS) is 48.5. The van der Waals surface area contributed by atoms with Gasteiger partial charge in [0.1, 0.15) is 0 Å². The molecule has 7 atom stereocenters. The van der Waals surface area contributed by atoms with Crippen LogP contribution in [0, 0.1) is 39.9 Å². The second-order valence-electron chi connectivity index (χ2n) is 9.86. The highest BCUT2D eigenvalue weighted by molar-refractivity contribution is 5.51. The van der Waals surface area contributed by atoms with Gasteiger partial charge >= 0.3 is 0 Å². The fourth-order valence-electron chi connectivity index (χ4n) is 7.13. The van der Waals surface area contributed by atoms with Gasteiger partial charge in [-0.25, -0.2) is 0 Å². The first-order valence-corrected chi connectivity index (χ1v) is 10.7. The highest BCUT2D eigenvalue weighted by Gasteiger charge is 2.59. The van der Waals surface area contributed by atoms with Crippen LogP contribution in [0.1, 0.15) is 85.0 Å². The number of hydrogen-bond acceptors (Lipinski definition) is 2. The summed E-state index contributed by atoms with van der Waals surface area (Å²) >= 11 is 0. The Morgan fingerprint density at radius 3 is 2.44 bits per heavy atom. The molecule has 4 fully saturated rings. The molecule has 0 heterocycles. The summed E-state index contributed by atoms with van der Waals surface area (Å²) in [6, 6.07) is 0. The van der Waals surface area contributed by atoms with Crippen LogP contribution in [0.2, 0.25) is 0 Å². The second kappa shape index (κ2) is 7.18. The van der Waals surface area contributed by atoms with Crippen molar-refractivity contribution >= 4 is 6.21 Å². The molecule has 0 bridgehead atoms. The van der Waals surface area contributed by atoms with Crippen LogP contribution in [0.15, 0.2) is 12.2 Å². The van der Waals surface area contributed by atoms with Crippen LogP contribution in [-0.4, -0.2) is 17.4 Å². The maximum absolute atomic E-state index is 10.5. The Labute approximate surface area is 155 Å². The van der Waals surface area contributed by atoms with E-state index in [2.05, 4.69) is 20.4 Å². The molecular formula is C23H39NO. The molecule has 0 saturated heterocycles. The molecule has 0 radical (unpaired) electrons. The molecule has 0 amide bonds. The minimum Gasteiger partial charge on any atom is -0.393 e. The Morgan fingerprint density at radius 2 is 1.76 bits per heavy atom. The second-order valence-corrected chi connectivity index (χ2v) is 9.86. The van der Waals surface area contributed by atoms with Crippen LogP contribution >= 0.6 is 0 Å². The minimum absolute atomic E-state index is 0.0277. The van der Waals surface area contributed by atoms with E-state index in [1.54, 1.807) is 0 Å². The first-order chi connectivity index (χ1) is 11.9. The summed E-state index contributed by atoms with van der Waals surface area (Å²) in [7, 11) is 0. The third kappa shape index (κ3) is 3.13. The third-order valence-electron chi connectivity index (χ3n) is 8.77. The Kier molecular flexibility index (Phi) is 5.49. The molecule has 0 aromatic rings. The summed E-state index contributed by atoms with van der Waals surface area (Å²) in [6.07, 6.45) is 14.0. The van der Waals surface area contributed by atoms with E-state index in [4.69, 9.17) is 5.41 Å². The highest BCUT2D eigenvalue weighted by atomic mass is 16.3. The van der Waals surface area contributed by atoms with Crippen molar-refractivity contribution < 1.29 is 5.11 Å². The largest absolute Gasteiger partial charge is 0.393 e. The van der Waals surface area contributed by atoms with Gasteiger partial charge in [0.25, 0.3) is 0 Å². The van der Waals surface area contributed by atoms with Crippen molar-refractivity contribution in [2.45, 2.75) is 91.1 Å². The molecule has 0 aliphatic heterocycles. The fraction of sp³-hybridized carbons (Fsp3) is 0.870. The molecule has 2 heteroatoms. The van der Waals surface area contributed by atoms with Crippen LogP contribution in [0.25, 0.3) is 0 Å². The van der Waals surface area contributed by atoms with E-state index in [-0.39, 0.29) is 11.5 Å². The van der Waals surface area contributed by atoms with Crippen LogP contribution in [0.4, 0.5) is 0 Å². The van der Waals surface area contributed by atoms with Gasteiger partial charge in [-0.05, 0) is 105 Å². The maximum Gasteiger partial charge on any atom is 0.0596 e. The van der Waals surface area contributed by atoms with E-state index in [0.29, 0.717) is 5.41 Å². The first kappa shape index (κ1) is 19.1. The lowest BCUT2D eigenvalue weighted by molar-refractivity contribution is -0.115. The molecule has 3 unspecified atom stereocenters. The summed E-state index contributed by atoms with van der Waals surface area (Å²) in [4.78, 5) is 0. The zero-order valence-electron chi connectivity index (χ0n) is 16.7. The van der Waals surface area contributed by atoms with E-state index >= 15 is 0 Å². The van der Waals surface area contributed by atoms with Gasteiger partial charge in [0.15, 0.2) is 0 Å². The number of rotatable bonds is 1. The molecule has 0 spiro atoms. The van der Waals surface area contributed by atoms with E-state index in [9.17, 15) is 5.11 Å². The van der Waals surface area contributed by atoms with Gasteiger partial charge in [-0.15, -0.1) is 0 Å². The number of fused-ring (bicyclic) bond motifs is 5. The molecule has 2 N–H and O–H groups in total. The van der Waals surface area contributed by atoms with Crippen molar-refractivity contribution in [3.63, 3.8) is 0 Å². The van der Waals surface area contributed by atoms with Gasteiger partial charge in [-0.3, -0.25) is 0 Å². The quantitative estimate of drug-likeness (QED) is 0.445. The minimum atomic E-state index is -0.0277. The molecule has 142 valence electrons. The average Bonchev–Trinajstić information content (AvgIpc) is 2.91. The predicted octanol–water partition coefficient (Wildman–Crippen LogP) is 5.99. The van der Waals surface area contributed by atoms with Crippen molar-refractivity contribution in [3.05, 3.63) is 12.2 Å². The SMILES string of the molecule is C=C1CC[C@]2(C)C3CC[C@@]4(C)C(CC[C@@H]4O)C3CC[C@H]2C1.CCC=N. The summed E-state index contributed by atoms with van der Waals surface area (Å²) in [6.45, 7) is 11.2. The molecule has 4 saturated carbocycles. The smallest absolute Gasteiger partial charge is 0.0596 e. The van der Waals surface area contributed by atoms with E-state index < -0.39 is 0 Å². The van der Waals surface area contributed by atoms with Gasteiger partial charge in [0, 0.05) is 0 Å². The summed E-state index contributed by atoms with van der Waals surface area (Å²) in [5.74, 6) is 3.52. The Balaban J connectivity index is 0.000000415. The molecule has 4 aliphatic rings. The van der Waals surface area contributed by atoms with E-state index in [0.717, 1.165) is 36.5 Å². The third-order valence-corrected chi connectivity index (χ3v) is 8.77. The zero-order valence-corrected chi connectivity index (χ0v) is 16.7. The molecular weight excluding hydrogens is 306 g/mol. The molecule has 25 heavy (non-hydrogen) atoms. The summed E-state index contributed by atoms with van der Waals surface area (Å²) < 4.78 is 0.